The molecule has 0 aliphatic rings. The van der Waals surface area contributed by atoms with Crippen LogP contribution in [0.25, 0.3) is 0 Å². The number of likely N-dealkylation sites (N-methyl/N-ethyl adjacent to an activating group) is 1. The Morgan fingerprint density at radius 2 is 1.75 bits per heavy atom. The van der Waals surface area contributed by atoms with E-state index in [1.807, 2.05) is 54.6 Å². The Bertz CT molecular complexity index is 629. The highest BCUT2D eigenvalue weighted by atomic mass is 16.5. The molecule has 1 amide bonds. The normalized spacial score (nSPS) is 11.8. The molecule has 2 aromatic rings. The molecule has 2 N–H and O–H groups in total. The predicted octanol–water partition coefficient (Wildman–Crippen LogP) is 2.80. The lowest BCUT2D eigenvalue weighted by atomic mass is 9.90. The number of nitrogens with one attached hydrogen (secondary N) is 1. The number of hydrogen-bond donors (Lipinski definition) is 2. The van der Waals surface area contributed by atoms with Crippen LogP contribution in [0.1, 0.15) is 24.0 Å². The van der Waals surface area contributed by atoms with Gasteiger partial charge in [-0.1, -0.05) is 42.5 Å². The molecule has 0 saturated carbocycles. The Hall–Kier alpha value is -2.37. The minimum atomic E-state index is -0.542. The van der Waals surface area contributed by atoms with Gasteiger partial charge in [-0.3, -0.25) is 10.0 Å². The van der Waals surface area contributed by atoms with E-state index < -0.39 is 11.8 Å². The number of ether oxygens (including phenoxy) is 1. The summed E-state index contributed by atoms with van der Waals surface area (Å²) in [6.07, 6.45) is 0. The summed E-state index contributed by atoms with van der Waals surface area (Å²) in [4.78, 5) is 14.3. The molecule has 0 heterocycles. The van der Waals surface area contributed by atoms with Gasteiger partial charge in [0.05, 0.1) is 12.5 Å². The molecule has 5 nitrogen and oxygen atoms in total. The molecule has 0 radical (unpaired) electrons. The number of anilines is 1. The van der Waals surface area contributed by atoms with Crippen molar-refractivity contribution in [2.75, 3.05) is 31.7 Å². The minimum Gasteiger partial charge on any atom is -0.383 e. The van der Waals surface area contributed by atoms with Crippen molar-refractivity contribution in [1.82, 2.24) is 5.48 Å². The number of hydroxylamine groups is 1. The summed E-state index contributed by atoms with van der Waals surface area (Å²) < 4.78 is 5.14. The van der Waals surface area contributed by atoms with Crippen molar-refractivity contribution >= 4 is 11.6 Å². The summed E-state index contributed by atoms with van der Waals surface area (Å²) in [7, 11) is 1.69. The van der Waals surface area contributed by atoms with Crippen LogP contribution < -0.4 is 10.4 Å². The lowest BCUT2D eigenvalue weighted by molar-refractivity contribution is -0.129. The molecular formula is C19H24N2O3. The van der Waals surface area contributed by atoms with Crippen LogP contribution in [-0.4, -0.2) is 37.9 Å². The Morgan fingerprint density at radius 1 is 1.12 bits per heavy atom. The molecule has 0 aromatic heterocycles. The third-order valence-electron chi connectivity index (χ3n) is 4.04. The molecule has 0 fully saturated rings. The van der Waals surface area contributed by atoms with Crippen LogP contribution >= 0.6 is 0 Å². The standard InChI is InChI=1S/C19H24N2O3/c1-3-21(13-14-24-2)17-11-9-16(10-12-17)18(19(22)20-23)15-7-5-4-6-8-15/h4-12,18,23H,3,13-14H2,1-2H3,(H,20,22). The molecule has 128 valence electrons. The van der Waals surface area contributed by atoms with E-state index in [0.717, 1.165) is 29.9 Å². The minimum absolute atomic E-state index is 0.444. The van der Waals surface area contributed by atoms with Crippen LogP contribution in [0, 0.1) is 0 Å². The maximum Gasteiger partial charge on any atom is 0.255 e. The van der Waals surface area contributed by atoms with Crippen LogP contribution in [0.15, 0.2) is 54.6 Å². The monoisotopic (exact) mass is 328 g/mol. The first-order valence-electron chi connectivity index (χ1n) is 8.04. The summed E-state index contributed by atoms with van der Waals surface area (Å²) >= 11 is 0. The Balaban J connectivity index is 2.27. The van der Waals surface area contributed by atoms with Crippen LogP contribution in [0.4, 0.5) is 5.69 Å². The summed E-state index contributed by atoms with van der Waals surface area (Å²) in [5, 5.41) is 9.08. The third-order valence-corrected chi connectivity index (χ3v) is 4.04. The maximum atomic E-state index is 12.1. The Morgan fingerprint density at radius 3 is 2.29 bits per heavy atom. The van der Waals surface area contributed by atoms with Crippen LogP contribution in [-0.2, 0) is 9.53 Å². The average molecular weight is 328 g/mol. The molecule has 0 spiro atoms. The first-order valence-corrected chi connectivity index (χ1v) is 8.04. The summed E-state index contributed by atoms with van der Waals surface area (Å²) in [5.41, 5.74) is 4.52. The number of benzene rings is 2. The van der Waals surface area contributed by atoms with E-state index in [2.05, 4.69) is 11.8 Å². The smallest absolute Gasteiger partial charge is 0.255 e. The first-order chi connectivity index (χ1) is 11.7. The van der Waals surface area contributed by atoms with Crippen molar-refractivity contribution < 1.29 is 14.7 Å². The molecule has 2 aromatic carbocycles. The summed E-state index contributed by atoms with van der Waals surface area (Å²) in [5.74, 6) is -0.986. The van der Waals surface area contributed by atoms with Crippen molar-refractivity contribution in [2.45, 2.75) is 12.8 Å². The second-order valence-corrected chi connectivity index (χ2v) is 5.48. The lowest BCUT2D eigenvalue weighted by Gasteiger charge is -2.23. The molecule has 1 unspecified atom stereocenters. The van der Waals surface area contributed by atoms with E-state index in [0.29, 0.717) is 6.61 Å². The number of nitrogens with zero attached hydrogens (tertiary/aromatic N) is 1. The van der Waals surface area contributed by atoms with Gasteiger partial charge >= 0.3 is 0 Å². The van der Waals surface area contributed by atoms with E-state index in [9.17, 15) is 4.79 Å². The molecule has 0 saturated heterocycles. The van der Waals surface area contributed by atoms with Crippen molar-refractivity contribution in [2.24, 2.45) is 0 Å². The van der Waals surface area contributed by atoms with Gasteiger partial charge in [-0.05, 0) is 30.2 Å². The highest BCUT2D eigenvalue weighted by molar-refractivity contribution is 5.86. The van der Waals surface area contributed by atoms with Crippen molar-refractivity contribution in [3.63, 3.8) is 0 Å². The van der Waals surface area contributed by atoms with Gasteiger partial charge in [0.2, 0.25) is 0 Å². The van der Waals surface area contributed by atoms with Gasteiger partial charge in [0.1, 0.15) is 0 Å². The predicted molar refractivity (Wildman–Crippen MR) is 94.4 cm³/mol. The van der Waals surface area contributed by atoms with Crippen LogP contribution in [0.3, 0.4) is 0 Å². The van der Waals surface area contributed by atoms with Gasteiger partial charge in [0.15, 0.2) is 0 Å². The molecule has 2 rings (SSSR count). The van der Waals surface area contributed by atoms with Gasteiger partial charge in [-0.25, -0.2) is 5.48 Å². The van der Waals surface area contributed by atoms with E-state index >= 15 is 0 Å². The highest BCUT2D eigenvalue weighted by Gasteiger charge is 2.22. The number of methoxy groups -OCH3 is 1. The SMILES string of the molecule is CCN(CCOC)c1ccc(C(C(=O)NO)c2ccccc2)cc1. The number of carbonyl (C=O) groups excluding carboxylic acids is 1. The zero-order valence-corrected chi connectivity index (χ0v) is 14.1. The number of carbonyl (C=O) groups is 1. The largest absolute Gasteiger partial charge is 0.383 e. The summed E-state index contributed by atoms with van der Waals surface area (Å²) in [6.45, 7) is 4.44. The second kappa shape index (κ2) is 9.05. The van der Waals surface area contributed by atoms with Crippen molar-refractivity contribution in [1.29, 1.82) is 0 Å². The Kier molecular flexibility index (Phi) is 6.78. The van der Waals surface area contributed by atoms with Crippen molar-refractivity contribution in [3.05, 3.63) is 65.7 Å². The van der Waals surface area contributed by atoms with E-state index in [1.165, 1.54) is 0 Å². The maximum absolute atomic E-state index is 12.1. The van der Waals surface area contributed by atoms with Crippen LogP contribution in [0.2, 0.25) is 0 Å². The Labute approximate surface area is 142 Å². The molecule has 0 bridgehead atoms. The molecular weight excluding hydrogens is 304 g/mol. The highest BCUT2D eigenvalue weighted by Crippen LogP contribution is 2.27. The fourth-order valence-corrected chi connectivity index (χ4v) is 2.75. The van der Waals surface area contributed by atoms with E-state index in [-0.39, 0.29) is 0 Å². The number of amides is 1. The average Bonchev–Trinajstić information content (AvgIpc) is 2.64. The zero-order chi connectivity index (χ0) is 17.4. The van der Waals surface area contributed by atoms with Gasteiger partial charge in [-0.15, -0.1) is 0 Å². The molecule has 0 aliphatic heterocycles. The van der Waals surface area contributed by atoms with Crippen LogP contribution in [0.5, 0.6) is 0 Å². The molecule has 5 heteroatoms. The number of rotatable bonds is 8. The van der Waals surface area contributed by atoms with Crippen molar-refractivity contribution in [3.8, 4) is 0 Å². The van der Waals surface area contributed by atoms with Gasteiger partial charge < -0.3 is 9.64 Å². The molecule has 1 atom stereocenters. The van der Waals surface area contributed by atoms with E-state index in [4.69, 9.17) is 9.94 Å². The first kappa shape index (κ1) is 18.0. The lowest BCUT2D eigenvalue weighted by Crippen LogP contribution is -2.28. The topological polar surface area (TPSA) is 61.8 Å². The molecule has 0 aliphatic carbocycles. The quantitative estimate of drug-likeness (QED) is 0.578. The second-order valence-electron chi connectivity index (χ2n) is 5.48. The fraction of sp³-hybridized carbons (Fsp3) is 0.316. The zero-order valence-electron chi connectivity index (χ0n) is 14.1. The summed E-state index contributed by atoms with van der Waals surface area (Å²) in [6, 6.07) is 17.3. The fourth-order valence-electron chi connectivity index (χ4n) is 2.75. The van der Waals surface area contributed by atoms with Gasteiger partial charge in [0.25, 0.3) is 5.91 Å². The van der Waals surface area contributed by atoms with Gasteiger partial charge in [0, 0.05) is 25.9 Å². The molecule has 24 heavy (non-hydrogen) atoms. The number of hydrogen-bond acceptors (Lipinski definition) is 4. The van der Waals surface area contributed by atoms with E-state index in [1.54, 1.807) is 12.6 Å². The van der Waals surface area contributed by atoms with Gasteiger partial charge in [-0.2, -0.15) is 0 Å². The third kappa shape index (κ3) is 4.34.